The van der Waals surface area contributed by atoms with Gasteiger partial charge in [0, 0.05) is 24.8 Å². The standard InChI is InChI=1S/C18H22N2O4/c1-12(23-11-16-4-3-9-22-16)18(21)20-15-7-5-14(6-8-15)17-10-19-13(2)24-17/h5-8,10,12,16H,3-4,9,11H2,1-2H3,(H,20,21)/t12-,16-/m0/s1. The molecule has 128 valence electrons. The third kappa shape index (κ3) is 4.21. The Bertz CT molecular complexity index is 675. The van der Waals surface area contributed by atoms with Crippen molar-refractivity contribution in [1.82, 2.24) is 4.98 Å². The Kier molecular flexibility index (Phi) is 5.27. The van der Waals surface area contributed by atoms with Crippen LogP contribution in [0.4, 0.5) is 5.69 Å². The molecule has 1 amide bonds. The number of hydrogen-bond acceptors (Lipinski definition) is 5. The second-order valence-electron chi connectivity index (χ2n) is 5.92. The van der Waals surface area contributed by atoms with Crippen molar-refractivity contribution in [3.63, 3.8) is 0 Å². The van der Waals surface area contributed by atoms with E-state index in [0.717, 1.165) is 25.0 Å². The molecule has 1 aliphatic rings. The van der Waals surface area contributed by atoms with Gasteiger partial charge in [-0.1, -0.05) is 0 Å². The number of amides is 1. The van der Waals surface area contributed by atoms with Crippen molar-refractivity contribution in [2.75, 3.05) is 18.5 Å². The normalized spacial score (nSPS) is 18.5. The van der Waals surface area contributed by atoms with Crippen LogP contribution in [0.15, 0.2) is 34.9 Å². The van der Waals surface area contributed by atoms with E-state index in [1.807, 2.05) is 24.3 Å². The van der Waals surface area contributed by atoms with Gasteiger partial charge in [-0.25, -0.2) is 4.98 Å². The van der Waals surface area contributed by atoms with E-state index in [1.54, 1.807) is 20.0 Å². The van der Waals surface area contributed by atoms with Crippen LogP contribution in [0.2, 0.25) is 0 Å². The lowest BCUT2D eigenvalue weighted by Gasteiger charge is -2.16. The number of benzene rings is 1. The Morgan fingerprint density at radius 1 is 1.42 bits per heavy atom. The SMILES string of the molecule is Cc1ncc(-c2ccc(NC(=O)[C@H](C)OC[C@@H]3CCCO3)cc2)o1. The van der Waals surface area contributed by atoms with Crippen molar-refractivity contribution >= 4 is 11.6 Å². The van der Waals surface area contributed by atoms with Crippen molar-refractivity contribution in [3.8, 4) is 11.3 Å². The van der Waals surface area contributed by atoms with Crippen LogP contribution in [0.3, 0.4) is 0 Å². The number of ether oxygens (including phenoxy) is 2. The Hall–Kier alpha value is -2.18. The predicted molar refractivity (Wildman–Crippen MR) is 89.7 cm³/mol. The molecule has 1 aliphatic heterocycles. The van der Waals surface area contributed by atoms with Crippen LogP contribution in [0.5, 0.6) is 0 Å². The second-order valence-corrected chi connectivity index (χ2v) is 5.92. The summed E-state index contributed by atoms with van der Waals surface area (Å²) in [5, 5.41) is 2.85. The number of hydrogen-bond donors (Lipinski definition) is 1. The molecule has 2 heterocycles. The van der Waals surface area contributed by atoms with Crippen molar-refractivity contribution in [2.45, 2.75) is 38.9 Å². The summed E-state index contributed by atoms with van der Waals surface area (Å²) in [5.41, 5.74) is 1.63. The summed E-state index contributed by atoms with van der Waals surface area (Å²) in [7, 11) is 0. The minimum Gasteiger partial charge on any atom is -0.441 e. The molecular weight excluding hydrogens is 308 g/mol. The highest BCUT2D eigenvalue weighted by molar-refractivity contribution is 5.94. The van der Waals surface area contributed by atoms with Gasteiger partial charge >= 0.3 is 0 Å². The molecule has 1 fully saturated rings. The van der Waals surface area contributed by atoms with Crippen molar-refractivity contribution in [3.05, 3.63) is 36.4 Å². The molecular formula is C18H22N2O4. The maximum Gasteiger partial charge on any atom is 0.253 e. The highest BCUT2D eigenvalue weighted by Gasteiger charge is 2.20. The number of anilines is 1. The summed E-state index contributed by atoms with van der Waals surface area (Å²) in [6.07, 6.45) is 3.34. The maximum absolute atomic E-state index is 12.2. The van der Waals surface area contributed by atoms with Gasteiger partial charge in [0.05, 0.1) is 18.9 Å². The molecule has 0 saturated carbocycles. The van der Waals surface area contributed by atoms with Gasteiger partial charge in [-0.3, -0.25) is 4.79 Å². The molecule has 0 aliphatic carbocycles. The van der Waals surface area contributed by atoms with Crippen LogP contribution in [-0.4, -0.2) is 36.3 Å². The molecule has 0 unspecified atom stereocenters. The number of aromatic nitrogens is 1. The number of oxazole rings is 1. The topological polar surface area (TPSA) is 73.6 Å². The van der Waals surface area contributed by atoms with Gasteiger partial charge in [-0.2, -0.15) is 0 Å². The molecule has 1 aromatic carbocycles. The summed E-state index contributed by atoms with van der Waals surface area (Å²) in [4.78, 5) is 16.2. The van der Waals surface area contributed by atoms with Crippen LogP contribution >= 0.6 is 0 Å². The number of rotatable bonds is 6. The molecule has 0 radical (unpaired) electrons. The van der Waals surface area contributed by atoms with E-state index < -0.39 is 6.10 Å². The van der Waals surface area contributed by atoms with Gasteiger partial charge in [0.15, 0.2) is 11.7 Å². The molecule has 2 atom stereocenters. The first-order chi connectivity index (χ1) is 11.6. The Morgan fingerprint density at radius 3 is 2.83 bits per heavy atom. The van der Waals surface area contributed by atoms with Gasteiger partial charge in [-0.05, 0) is 44.0 Å². The number of carbonyl (C=O) groups is 1. The first kappa shape index (κ1) is 16.7. The van der Waals surface area contributed by atoms with Crippen molar-refractivity contribution in [2.24, 2.45) is 0 Å². The lowest BCUT2D eigenvalue weighted by Crippen LogP contribution is -2.30. The molecule has 0 bridgehead atoms. The molecule has 1 N–H and O–H groups in total. The lowest BCUT2D eigenvalue weighted by molar-refractivity contribution is -0.128. The summed E-state index contributed by atoms with van der Waals surface area (Å²) < 4.78 is 16.6. The summed E-state index contributed by atoms with van der Waals surface area (Å²) in [6.45, 7) is 4.79. The van der Waals surface area contributed by atoms with Crippen LogP contribution in [0, 0.1) is 6.92 Å². The first-order valence-electron chi connectivity index (χ1n) is 8.19. The van der Waals surface area contributed by atoms with Crippen molar-refractivity contribution < 1.29 is 18.7 Å². The third-order valence-electron chi connectivity index (χ3n) is 3.98. The summed E-state index contributed by atoms with van der Waals surface area (Å²) >= 11 is 0. The van der Waals surface area contributed by atoms with E-state index in [4.69, 9.17) is 13.9 Å². The number of nitrogens with one attached hydrogen (secondary N) is 1. The molecule has 3 rings (SSSR count). The van der Waals surface area contributed by atoms with Gasteiger partial charge in [-0.15, -0.1) is 0 Å². The minimum absolute atomic E-state index is 0.116. The zero-order valence-corrected chi connectivity index (χ0v) is 14.0. The van der Waals surface area contributed by atoms with E-state index in [-0.39, 0.29) is 12.0 Å². The largest absolute Gasteiger partial charge is 0.441 e. The molecule has 6 nitrogen and oxygen atoms in total. The van der Waals surface area contributed by atoms with Gasteiger partial charge < -0.3 is 19.2 Å². The zero-order chi connectivity index (χ0) is 16.9. The summed E-state index contributed by atoms with van der Waals surface area (Å²) in [6, 6.07) is 7.43. The van der Waals surface area contributed by atoms with Crippen LogP contribution in [0.25, 0.3) is 11.3 Å². The number of nitrogens with zero attached hydrogens (tertiary/aromatic N) is 1. The Morgan fingerprint density at radius 2 is 2.21 bits per heavy atom. The quantitative estimate of drug-likeness (QED) is 0.880. The van der Waals surface area contributed by atoms with E-state index in [1.165, 1.54) is 0 Å². The van der Waals surface area contributed by atoms with Crippen LogP contribution < -0.4 is 5.32 Å². The Balaban J connectivity index is 1.52. The fourth-order valence-corrected chi connectivity index (χ4v) is 2.56. The molecule has 1 saturated heterocycles. The van der Waals surface area contributed by atoms with E-state index in [0.29, 0.717) is 23.9 Å². The molecule has 24 heavy (non-hydrogen) atoms. The second kappa shape index (κ2) is 7.59. The zero-order valence-electron chi connectivity index (χ0n) is 14.0. The average Bonchev–Trinajstić information content (AvgIpc) is 3.25. The molecule has 2 aromatic rings. The summed E-state index contributed by atoms with van der Waals surface area (Å²) in [5.74, 6) is 1.16. The maximum atomic E-state index is 12.2. The monoisotopic (exact) mass is 330 g/mol. The number of aryl methyl sites for hydroxylation is 1. The van der Waals surface area contributed by atoms with E-state index in [9.17, 15) is 4.79 Å². The van der Waals surface area contributed by atoms with Gasteiger partial charge in [0.1, 0.15) is 6.10 Å². The van der Waals surface area contributed by atoms with Gasteiger partial charge in [0.2, 0.25) is 0 Å². The Labute approximate surface area is 141 Å². The first-order valence-corrected chi connectivity index (χ1v) is 8.19. The third-order valence-corrected chi connectivity index (χ3v) is 3.98. The van der Waals surface area contributed by atoms with E-state index in [2.05, 4.69) is 10.3 Å². The smallest absolute Gasteiger partial charge is 0.253 e. The van der Waals surface area contributed by atoms with Crippen molar-refractivity contribution in [1.29, 1.82) is 0 Å². The van der Waals surface area contributed by atoms with E-state index >= 15 is 0 Å². The highest BCUT2D eigenvalue weighted by atomic mass is 16.5. The number of carbonyl (C=O) groups excluding carboxylic acids is 1. The van der Waals surface area contributed by atoms with Gasteiger partial charge in [0.25, 0.3) is 5.91 Å². The fraction of sp³-hybridized carbons (Fsp3) is 0.444. The lowest BCUT2D eigenvalue weighted by atomic mass is 10.1. The minimum atomic E-state index is -0.522. The molecule has 0 spiro atoms. The highest BCUT2D eigenvalue weighted by Crippen LogP contribution is 2.22. The molecule has 6 heteroatoms. The average molecular weight is 330 g/mol. The predicted octanol–water partition coefficient (Wildman–Crippen LogP) is 3.17. The molecule has 1 aromatic heterocycles. The van der Waals surface area contributed by atoms with Crippen LogP contribution in [-0.2, 0) is 14.3 Å². The fourth-order valence-electron chi connectivity index (χ4n) is 2.56. The van der Waals surface area contributed by atoms with Crippen LogP contribution in [0.1, 0.15) is 25.7 Å².